The number of benzene rings is 1. The predicted molar refractivity (Wildman–Crippen MR) is 78.1 cm³/mol. The van der Waals surface area contributed by atoms with Crippen LogP contribution in [0.3, 0.4) is 0 Å². The van der Waals surface area contributed by atoms with E-state index >= 15 is 0 Å². The Labute approximate surface area is 114 Å². The monoisotopic (exact) mass is 256 g/mol. The van der Waals surface area contributed by atoms with Crippen LogP contribution in [-0.2, 0) is 16.0 Å². The second-order valence-corrected chi connectivity index (χ2v) is 4.50. The molecule has 2 rings (SSSR count). The van der Waals surface area contributed by atoms with Crippen molar-refractivity contribution in [2.45, 2.75) is 33.1 Å². The Bertz CT molecular complexity index is 458. The van der Waals surface area contributed by atoms with E-state index in [2.05, 4.69) is 38.1 Å². The van der Waals surface area contributed by atoms with Gasteiger partial charge in [-0.15, -0.1) is 0 Å². The van der Waals surface area contributed by atoms with Gasteiger partial charge in [-0.25, -0.2) is 0 Å². The van der Waals surface area contributed by atoms with Crippen molar-refractivity contribution in [2.75, 3.05) is 0 Å². The molecule has 0 aliphatic heterocycles. The lowest BCUT2D eigenvalue weighted by Gasteiger charge is -2.02. The zero-order valence-corrected chi connectivity index (χ0v) is 11.6. The second kappa shape index (κ2) is 8.20. The number of allylic oxidation sites excluding steroid dienone is 4. The first-order valence-corrected chi connectivity index (χ1v) is 6.62. The summed E-state index contributed by atoms with van der Waals surface area (Å²) in [6.07, 6.45) is 8.84. The van der Waals surface area contributed by atoms with Crippen molar-refractivity contribution in [3.63, 3.8) is 0 Å². The van der Waals surface area contributed by atoms with Crippen molar-refractivity contribution in [1.29, 1.82) is 0 Å². The topological polar surface area (TPSA) is 34.1 Å². The first kappa shape index (κ1) is 15.1. The normalized spacial score (nSPS) is 13.2. The highest BCUT2D eigenvalue weighted by Crippen LogP contribution is 2.09. The predicted octanol–water partition coefficient (Wildman–Crippen LogP) is 3.59. The largest absolute Gasteiger partial charge is 0.290 e. The molecule has 0 amide bonds. The molecule has 0 saturated heterocycles. The maximum atomic E-state index is 10.3. The van der Waals surface area contributed by atoms with Crippen LogP contribution in [0, 0.1) is 6.92 Å². The Morgan fingerprint density at radius 3 is 1.89 bits per heavy atom. The minimum absolute atomic E-state index is 0.121. The molecule has 0 saturated carbocycles. The van der Waals surface area contributed by atoms with Gasteiger partial charge in [0.1, 0.15) is 0 Å². The van der Waals surface area contributed by atoms with Gasteiger partial charge in [-0.1, -0.05) is 37.6 Å². The molecule has 1 aliphatic carbocycles. The van der Waals surface area contributed by atoms with Crippen LogP contribution in [-0.4, -0.2) is 11.6 Å². The number of hydrogen-bond donors (Lipinski definition) is 0. The molecule has 0 radical (unpaired) electrons. The van der Waals surface area contributed by atoms with E-state index in [1.54, 1.807) is 0 Å². The lowest BCUT2D eigenvalue weighted by molar-refractivity contribution is -0.113. The number of rotatable bonds is 3. The van der Waals surface area contributed by atoms with Crippen molar-refractivity contribution in [3.05, 3.63) is 59.7 Å². The molecule has 1 aromatic rings. The van der Waals surface area contributed by atoms with Gasteiger partial charge in [0.2, 0.25) is 0 Å². The van der Waals surface area contributed by atoms with Gasteiger partial charge in [0, 0.05) is 0 Å². The first-order chi connectivity index (χ1) is 9.13. The van der Waals surface area contributed by atoms with Gasteiger partial charge in [-0.3, -0.25) is 9.59 Å². The molecule has 0 fully saturated rings. The molecule has 2 nitrogen and oxygen atoms in total. The van der Waals surface area contributed by atoms with Crippen molar-refractivity contribution < 1.29 is 9.59 Å². The van der Waals surface area contributed by atoms with Crippen LogP contribution in [0.5, 0.6) is 0 Å². The fourth-order valence-corrected chi connectivity index (χ4v) is 1.70. The zero-order valence-electron chi connectivity index (χ0n) is 11.6. The third-order valence-corrected chi connectivity index (χ3v) is 2.88. The Morgan fingerprint density at radius 2 is 1.42 bits per heavy atom. The number of carbonyl (C=O) groups excluding carboxylic acids is 2. The number of unbranched alkanes of at least 4 members (excludes halogenated alkanes) is 1. The Kier molecular flexibility index (Phi) is 6.51. The van der Waals surface area contributed by atoms with E-state index in [0.29, 0.717) is 0 Å². The molecule has 1 aliphatic rings. The SMILES string of the molecule is CCCCc1ccccc1C.O=C1C=CC(=O)C=C1. The highest BCUT2D eigenvalue weighted by Gasteiger charge is 1.98. The van der Waals surface area contributed by atoms with E-state index in [4.69, 9.17) is 0 Å². The Morgan fingerprint density at radius 1 is 0.895 bits per heavy atom. The van der Waals surface area contributed by atoms with E-state index in [1.807, 2.05) is 0 Å². The lowest BCUT2D eigenvalue weighted by Crippen LogP contribution is -1.97. The van der Waals surface area contributed by atoms with Gasteiger partial charge < -0.3 is 0 Å². The summed E-state index contributed by atoms with van der Waals surface area (Å²) in [7, 11) is 0. The molecule has 0 heterocycles. The van der Waals surface area contributed by atoms with Crippen LogP contribution in [0.4, 0.5) is 0 Å². The summed E-state index contributed by atoms with van der Waals surface area (Å²) in [4.78, 5) is 20.6. The quantitative estimate of drug-likeness (QED) is 0.774. The first-order valence-electron chi connectivity index (χ1n) is 6.62. The average Bonchev–Trinajstić information content (AvgIpc) is 2.42. The van der Waals surface area contributed by atoms with Crippen LogP contribution in [0.25, 0.3) is 0 Å². The van der Waals surface area contributed by atoms with Gasteiger partial charge in [-0.2, -0.15) is 0 Å². The molecule has 1 aromatic carbocycles. The molecular formula is C17H20O2. The molecule has 0 unspecified atom stereocenters. The van der Waals surface area contributed by atoms with E-state index in [9.17, 15) is 9.59 Å². The minimum Gasteiger partial charge on any atom is -0.290 e. The molecule has 0 bridgehead atoms. The third kappa shape index (κ3) is 5.96. The van der Waals surface area contributed by atoms with E-state index < -0.39 is 0 Å². The van der Waals surface area contributed by atoms with Crippen molar-refractivity contribution in [3.8, 4) is 0 Å². The lowest BCUT2D eigenvalue weighted by atomic mass is 10.0. The third-order valence-electron chi connectivity index (χ3n) is 2.88. The van der Waals surface area contributed by atoms with Crippen LogP contribution >= 0.6 is 0 Å². The zero-order chi connectivity index (χ0) is 14.1. The highest BCUT2D eigenvalue weighted by molar-refractivity contribution is 6.14. The summed E-state index contributed by atoms with van der Waals surface area (Å²) in [5, 5.41) is 0. The number of hydrogen-bond acceptors (Lipinski definition) is 2. The molecule has 0 aromatic heterocycles. The van der Waals surface area contributed by atoms with Crippen molar-refractivity contribution >= 4 is 11.6 Å². The summed E-state index contributed by atoms with van der Waals surface area (Å²) in [5.74, 6) is -0.241. The summed E-state index contributed by atoms with van der Waals surface area (Å²) < 4.78 is 0. The van der Waals surface area contributed by atoms with Crippen molar-refractivity contribution in [1.82, 2.24) is 0 Å². The number of carbonyl (C=O) groups is 2. The minimum atomic E-state index is -0.121. The summed E-state index contributed by atoms with van der Waals surface area (Å²) in [6, 6.07) is 8.64. The maximum Gasteiger partial charge on any atom is 0.178 e. The van der Waals surface area contributed by atoms with Gasteiger partial charge in [0.15, 0.2) is 11.6 Å². The van der Waals surface area contributed by atoms with E-state index in [0.717, 1.165) is 0 Å². The van der Waals surface area contributed by atoms with Crippen molar-refractivity contribution in [2.24, 2.45) is 0 Å². The molecular weight excluding hydrogens is 236 g/mol. The fourth-order valence-electron chi connectivity index (χ4n) is 1.70. The molecule has 100 valence electrons. The summed E-state index contributed by atoms with van der Waals surface area (Å²) >= 11 is 0. The van der Waals surface area contributed by atoms with Crippen LogP contribution in [0.2, 0.25) is 0 Å². The summed E-state index contributed by atoms with van der Waals surface area (Å²) in [5.41, 5.74) is 2.94. The Balaban J connectivity index is 0.000000200. The van der Waals surface area contributed by atoms with Gasteiger partial charge >= 0.3 is 0 Å². The smallest absolute Gasteiger partial charge is 0.178 e. The summed E-state index contributed by atoms with van der Waals surface area (Å²) in [6.45, 7) is 4.42. The number of ketones is 2. The van der Waals surface area contributed by atoms with Gasteiger partial charge in [0.25, 0.3) is 0 Å². The van der Waals surface area contributed by atoms with Crippen LogP contribution < -0.4 is 0 Å². The molecule has 2 heteroatoms. The van der Waals surface area contributed by atoms with Gasteiger partial charge in [0.05, 0.1) is 0 Å². The molecule has 0 spiro atoms. The molecule has 0 atom stereocenters. The second-order valence-electron chi connectivity index (χ2n) is 4.50. The highest BCUT2D eigenvalue weighted by atomic mass is 16.1. The Hall–Kier alpha value is -1.96. The fraction of sp³-hybridized carbons (Fsp3) is 0.294. The maximum absolute atomic E-state index is 10.3. The molecule has 19 heavy (non-hydrogen) atoms. The standard InChI is InChI=1S/C11H16.C6H4O2/c1-3-4-8-11-9-6-5-7-10(11)2;7-5-1-2-6(8)4-3-5/h5-7,9H,3-4,8H2,1-2H3;1-4H. The van der Waals surface area contributed by atoms with Gasteiger partial charge in [-0.05, 0) is 55.2 Å². The average molecular weight is 256 g/mol. The van der Waals surface area contributed by atoms with Crippen LogP contribution in [0.1, 0.15) is 30.9 Å². The van der Waals surface area contributed by atoms with E-state index in [1.165, 1.54) is 54.7 Å². The van der Waals surface area contributed by atoms with E-state index in [-0.39, 0.29) is 11.6 Å². The van der Waals surface area contributed by atoms with Crippen LogP contribution in [0.15, 0.2) is 48.6 Å². The molecule has 0 N–H and O–H groups in total. The number of aryl methyl sites for hydroxylation is 2.